The predicted molar refractivity (Wildman–Crippen MR) is 76.6 cm³/mol. The van der Waals surface area contributed by atoms with Crippen LogP contribution in [0, 0.1) is 11.8 Å². The minimum absolute atomic E-state index is 0.130. The number of rotatable bonds is 3. The van der Waals surface area contributed by atoms with Gasteiger partial charge in [0.15, 0.2) is 5.78 Å². The van der Waals surface area contributed by atoms with Crippen molar-refractivity contribution in [3.05, 3.63) is 28.3 Å². The van der Waals surface area contributed by atoms with E-state index in [2.05, 4.69) is 5.32 Å². The summed E-state index contributed by atoms with van der Waals surface area (Å²) >= 11 is 6.14. The number of carbonyl (C=O) groups is 3. The normalized spacial score (nSPS) is 23.8. The average molecular weight is 308 g/mol. The number of amides is 1. The van der Waals surface area contributed by atoms with Crippen LogP contribution in [0.4, 0.5) is 5.69 Å². The number of carboxylic acids is 1. The summed E-state index contributed by atoms with van der Waals surface area (Å²) in [7, 11) is 0. The third-order valence-corrected chi connectivity index (χ3v) is 4.57. The molecule has 2 N–H and O–H groups in total. The molecule has 3 rings (SSSR count). The first-order valence-electron chi connectivity index (χ1n) is 6.86. The Morgan fingerprint density at radius 1 is 1.24 bits per heavy atom. The van der Waals surface area contributed by atoms with Gasteiger partial charge >= 0.3 is 5.97 Å². The fourth-order valence-electron chi connectivity index (χ4n) is 3.21. The summed E-state index contributed by atoms with van der Waals surface area (Å²) in [5, 5.41) is 12.1. The molecule has 2 aliphatic rings. The van der Waals surface area contributed by atoms with Gasteiger partial charge in [0.2, 0.25) is 5.91 Å². The van der Waals surface area contributed by atoms with Gasteiger partial charge in [-0.05, 0) is 30.5 Å². The van der Waals surface area contributed by atoms with Crippen LogP contribution in [-0.2, 0) is 16.0 Å². The Kier molecular flexibility index (Phi) is 3.45. The van der Waals surface area contributed by atoms with Crippen LogP contribution in [0.1, 0.15) is 35.2 Å². The Morgan fingerprint density at radius 2 is 1.95 bits per heavy atom. The maximum atomic E-state index is 12.6. The number of carboxylic acid groups (broad SMARTS) is 1. The third kappa shape index (κ3) is 2.42. The standard InChI is InChI=1S/C15H14ClNO4/c16-11-6-12-7(5-13(18)17-12)4-10(11)14(19)8-2-1-3-9(8)15(20)21/h4,6,8-9H,1-3,5H2,(H,17,18)(H,20,21). The lowest BCUT2D eigenvalue weighted by atomic mass is 9.87. The van der Waals surface area contributed by atoms with E-state index in [1.54, 1.807) is 12.1 Å². The molecule has 1 heterocycles. The number of fused-ring (bicyclic) bond motifs is 1. The van der Waals surface area contributed by atoms with Crippen LogP contribution in [0.2, 0.25) is 5.02 Å². The molecule has 6 heteroatoms. The molecule has 0 saturated heterocycles. The van der Waals surface area contributed by atoms with E-state index in [0.29, 0.717) is 24.1 Å². The fraction of sp³-hybridized carbons (Fsp3) is 0.400. The molecular formula is C15H14ClNO4. The zero-order chi connectivity index (χ0) is 15.1. The van der Waals surface area contributed by atoms with E-state index in [1.807, 2.05) is 0 Å². The minimum atomic E-state index is -0.931. The van der Waals surface area contributed by atoms with E-state index in [-0.39, 0.29) is 23.1 Å². The number of benzene rings is 1. The maximum absolute atomic E-state index is 12.6. The van der Waals surface area contributed by atoms with Crippen molar-refractivity contribution in [2.45, 2.75) is 25.7 Å². The van der Waals surface area contributed by atoms with E-state index in [1.165, 1.54) is 0 Å². The van der Waals surface area contributed by atoms with E-state index in [0.717, 1.165) is 12.0 Å². The molecule has 0 spiro atoms. The van der Waals surface area contributed by atoms with Crippen molar-refractivity contribution >= 4 is 34.9 Å². The van der Waals surface area contributed by atoms with Gasteiger partial charge < -0.3 is 10.4 Å². The molecule has 1 aromatic rings. The van der Waals surface area contributed by atoms with Crippen LogP contribution in [-0.4, -0.2) is 22.8 Å². The highest BCUT2D eigenvalue weighted by Crippen LogP contribution is 2.37. The van der Waals surface area contributed by atoms with E-state index < -0.39 is 17.8 Å². The van der Waals surface area contributed by atoms with Gasteiger partial charge in [-0.25, -0.2) is 0 Å². The molecule has 5 nitrogen and oxygen atoms in total. The fourth-order valence-corrected chi connectivity index (χ4v) is 3.46. The smallest absolute Gasteiger partial charge is 0.307 e. The van der Waals surface area contributed by atoms with E-state index >= 15 is 0 Å². The number of aliphatic carboxylic acids is 1. The van der Waals surface area contributed by atoms with Gasteiger partial charge in [-0.3, -0.25) is 14.4 Å². The largest absolute Gasteiger partial charge is 0.481 e. The van der Waals surface area contributed by atoms with Crippen LogP contribution < -0.4 is 5.32 Å². The first-order valence-corrected chi connectivity index (χ1v) is 7.24. The number of hydrogen-bond donors (Lipinski definition) is 2. The van der Waals surface area contributed by atoms with Crippen molar-refractivity contribution in [3.8, 4) is 0 Å². The quantitative estimate of drug-likeness (QED) is 0.840. The number of nitrogens with one attached hydrogen (secondary N) is 1. The Morgan fingerprint density at radius 3 is 2.67 bits per heavy atom. The van der Waals surface area contributed by atoms with Gasteiger partial charge in [-0.15, -0.1) is 0 Å². The average Bonchev–Trinajstić information content (AvgIpc) is 3.02. The van der Waals surface area contributed by atoms with Crippen LogP contribution in [0.25, 0.3) is 0 Å². The second kappa shape index (κ2) is 5.15. The summed E-state index contributed by atoms with van der Waals surface area (Å²) < 4.78 is 0. The van der Waals surface area contributed by atoms with Gasteiger partial charge in [0.25, 0.3) is 0 Å². The molecule has 2 atom stereocenters. The highest BCUT2D eigenvalue weighted by atomic mass is 35.5. The number of anilines is 1. The molecular weight excluding hydrogens is 294 g/mol. The minimum Gasteiger partial charge on any atom is -0.481 e. The Balaban J connectivity index is 1.94. The molecule has 1 aliphatic carbocycles. The van der Waals surface area contributed by atoms with Gasteiger partial charge in [0.05, 0.1) is 17.4 Å². The number of ketones is 1. The Labute approximate surface area is 126 Å². The van der Waals surface area contributed by atoms with Crippen molar-refractivity contribution in [2.24, 2.45) is 11.8 Å². The van der Waals surface area contributed by atoms with Crippen LogP contribution in [0.3, 0.4) is 0 Å². The summed E-state index contributed by atoms with van der Waals surface area (Å²) in [5.41, 5.74) is 1.69. The van der Waals surface area contributed by atoms with Crippen molar-refractivity contribution in [3.63, 3.8) is 0 Å². The third-order valence-electron chi connectivity index (χ3n) is 4.25. The highest BCUT2D eigenvalue weighted by molar-refractivity contribution is 6.34. The van der Waals surface area contributed by atoms with E-state index in [4.69, 9.17) is 11.6 Å². The maximum Gasteiger partial charge on any atom is 0.307 e. The summed E-state index contributed by atoms with van der Waals surface area (Å²) in [6.07, 6.45) is 2.05. The Bertz CT molecular complexity index is 655. The number of Topliss-reactive ketones (excluding diaryl/α,β-unsaturated/α-hetero) is 1. The molecule has 2 unspecified atom stereocenters. The predicted octanol–water partition coefficient (Wildman–Crippen LogP) is 2.52. The lowest BCUT2D eigenvalue weighted by Crippen LogP contribution is -2.25. The van der Waals surface area contributed by atoms with Gasteiger partial charge in [0.1, 0.15) is 0 Å². The molecule has 1 saturated carbocycles. The molecule has 1 fully saturated rings. The topological polar surface area (TPSA) is 83.5 Å². The van der Waals surface area contributed by atoms with Crippen LogP contribution in [0.5, 0.6) is 0 Å². The molecule has 0 bridgehead atoms. The molecule has 1 amide bonds. The van der Waals surface area contributed by atoms with Gasteiger partial charge in [-0.1, -0.05) is 18.0 Å². The monoisotopic (exact) mass is 307 g/mol. The molecule has 0 radical (unpaired) electrons. The van der Waals surface area contributed by atoms with Crippen molar-refractivity contribution < 1.29 is 19.5 Å². The lowest BCUT2D eigenvalue weighted by Gasteiger charge is -2.16. The van der Waals surface area contributed by atoms with Crippen molar-refractivity contribution in [2.75, 3.05) is 5.32 Å². The zero-order valence-electron chi connectivity index (χ0n) is 11.2. The zero-order valence-corrected chi connectivity index (χ0v) is 11.9. The van der Waals surface area contributed by atoms with Gasteiger partial charge in [-0.2, -0.15) is 0 Å². The summed E-state index contributed by atoms with van der Waals surface area (Å²) in [5.74, 6) is -2.45. The SMILES string of the molecule is O=C1Cc2cc(C(=O)C3CCCC3C(=O)O)c(Cl)cc2N1. The van der Waals surface area contributed by atoms with Crippen LogP contribution >= 0.6 is 11.6 Å². The molecule has 21 heavy (non-hydrogen) atoms. The molecule has 1 aromatic carbocycles. The summed E-state index contributed by atoms with van der Waals surface area (Å²) in [4.78, 5) is 35.2. The summed E-state index contributed by atoms with van der Waals surface area (Å²) in [6.45, 7) is 0. The number of carbonyl (C=O) groups excluding carboxylic acids is 2. The second-order valence-corrected chi connectivity index (χ2v) is 5.97. The first-order chi connectivity index (χ1) is 9.97. The van der Waals surface area contributed by atoms with Crippen molar-refractivity contribution in [1.29, 1.82) is 0 Å². The number of halogens is 1. The first kappa shape index (κ1) is 14.1. The second-order valence-electron chi connectivity index (χ2n) is 5.56. The number of hydrogen-bond acceptors (Lipinski definition) is 3. The van der Waals surface area contributed by atoms with E-state index in [9.17, 15) is 19.5 Å². The highest BCUT2D eigenvalue weighted by Gasteiger charge is 2.39. The van der Waals surface area contributed by atoms with Crippen LogP contribution in [0.15, 0.2) is 12.1 Å². The summed E-state index contributed by atoms with van der Waals surface area (Å²) in [6, 6.07) is 3.19. The molecule has 110 valence electrons. The van der Waals surface area contributed by atoms with Crippen molar-refractivity contribution in [1.82, 2.24) is 0 Å². The molecule has 1 aliphatic heterocycles. The Hall–Kier alpha value is -1.88. The lowest BCUT2D eigenvalue weighted by molar-refractivity contribution is -0.142. The van der Waals surface area contributed by atoms with Gasteiger partial charge in [0, 0.05) is 17.2 Å². The molecule has 0 aromatic heterocycles.